The van der Waals surface area contributed by atoms with E-state index in [-0.39, 0.29) is 24.6 Å². The summed E-state index contributed by atoms with van der Waals surface area (Å²) in [6.07, 6.45) is 2.62. The van der Waals surface area contributed by atoms with Crippen molar-refractivity contribution in [2.75, 3.05) is 6.54 Å². The van der Waals surface area contributed by atoms with Crippen LogP contribution in [0.2, 0.25) is 0 Å². The van der Waals surface area contributed by atoms with Crippen LogP contribution < -0.4 is 5.32 Å². The fourth-order valence-corrected chi connectivity index (χ4v) is 3.92. The van der Waals surface area contributed by atoms with Crippen molar-refractivity contribution in [3.63, 3.8) is 0 Å². The maximum Gasteiger partial charge on any atom is 0.434 e. The Kier molecular flexibility index (Phi) is 8.68. The van der Waals surface area contributed by atoms with Gasteiger partial charge in [0, 0.05) is 43.1 Å². The Labute approximate surface area is 197 Å². The van der Waals surface area contributed by atoms with E-state index >= 15 is 0 Å². The number of halogens is 3. The van der Waals surface area contributed by atoms with Crippen molar-refractivity contribution in [1.29, 1.82) is 0 Å². The quantitative estimate of drug-likeness (QED) is 0.366. The van der Waals surface area contributed by atoms with Gasteiger partial charge in [-0.3, -0.25) is 9.48 Å². The SMILES string of the molecule is O=C(CCCCCCn1cc(-c2ccnc(C(=O)O)c2)nn1)NCCc1nc(C(F)(F)F)cs1. The Hall–Kier alpha value is -3.35. The lowest BCUT2D eigenvalue weighted by atomic mass is 10.1. The maximum atomic E-state index is 12.5. The van der Waals surface area contributed by atoms with Gasteiger partial charge in [0.25, 0.3) is 0 Å². The van der Waals surface area contributed by atoms with Crippen LogP contribution in [0.1, 0.15) is 53.3 Å². The predicted molar refractivity (Wildman–Crippen MR) is 117 cm³/mol. The van der Waals surface area contributed by atoms with Crippen molar-refractivity contribution in [2.24, 2.45) is 0 Å². The third-order valence-electron chi connectivity index (χ3n) is 4.86. The number of amides is 1. The number of carbonyl (C=O) groups is 2. The molecule has 13 heteroatoms. The number of carbonyl (C=O) groups excluding carboxylic acids is 1. The van der Waals surface area contributed by atoms with Gasteiger partial charge in [0.15, 0.2) is 5.69 Å². The van der Waals surface area contributed by atoms with E-state index in [1.807, 2.05) is 0 Å². The summed E-state index contributed by atoms with van der Waals surface area (Å²) in [6, 6.07) is 3.11. The second kappa shape index (κ2) is 11.7. The molecule has 3 aromatic rings. The van der Waals surface area contributed by atoms with E-state index < -0.39 is 17.8 Å². The number of thiazole rings is 1. The highest BCUT2D eigenvalue weighted by Gasteiger charge is 2.33. The lowest BCUT2D eigenvalue weighted by molar-refractivity contribution is -0.140. The smallest absolute Gasteiger partial charge is 0.434 e. The van der Waals surface area contributed by atoms with E-state index in [0.29, 0.717) is 35.7 Å². The molecule has 0 aliphatic rings. The highest BCUT2D eigenvalue weighted by molar-refractivity contribution is 7.09. The molecule has 0 bridgehead atoms. The molecular formula is C21H23F3N6O3S. The number of carboxylic acid groups (broad SMARTS) is 1. The van der Waals surface area contributed by atoms with Crippen LogP contribution in [-0.2, 0) is 23.9 Å². The Bertz CT molecular complexity index is 1120. The predicted octanol–water partition coefficient (Wildman–Crippen LogP) is 3.82. The highest BCUT2D eigenvalue weighted by atomic mass is 32.1. The van der Waals surface area contributed by atoms with Crippen molar-refractivity contribution in [3.05, 3.63) is 46.3 Å². The largest absolute Gasteiger partial charge is 0.477 e. The van der Waals surface area contributed by atoms with Crippen LogP contribution in [-0.4, -0.2) is 48.5 Å². The van der Waals surface area contributed by atoms with Gasteiger partial charge in [-0.15, -0.1) is 16.4 Å². The summed E-state index contributed by atoms with van der Waals surface area (Å²) in [6.45, 7) is 0.896. The Balaban J connectivity index is 1.28. The van der Waals surface area contributed by atoms with E-state index in [1.165, 1.54) is 12.3 Å². The fraction of sp³-hybridized carbons (Fsp3) is 0.429. The molecule has 0 aliphatic heterocycles. The number of aromatic carboxylic acids is 1. The number of unbranched alkanes of at least 4 members (excludes halogenated alkanes) is 3. The Morgan fingerprint density at radius 3 is 2.71 bits per heavy atom. The first kappa shape index (κ1) is 25.3. The normalized spacial score (nSPS) is 11.5. The number of nitrogens with one attached hydrogen (secondary N) is 1. The average Bonchev–Trinajstić information content (AvgIpc) is 3.46. The van der Waals surface area contributed by atoms with Gasteiger partial charge in [0.2, 0.25) is 5.91 Å². The zero-order valence-electron chi connectivity index (χ0n) is 18.1. The number of carboxylic acids is 1. The molecule has 0 saturated carbocycles. The van der Waals surface area contributed by atoms with Gasteiger partial charge in [0.1, 0.15) is 11.4 Å². The summed E-state index contributed by atoms with van der Waals surface area (Å²) in [5.41, 5.74) is 0.231. The molecule has 3 rings (SSSR count). The van der Waals surface area contributed by atoms with Gasteiger partial charge in [-0.2, -0.15) is 13.2 Å². The molecule has 3 heterocycles. The minimum atomic E-state index is -4.44. The van der Waals surface area contributed by atoms with Crippen LogP contribution in [0.3, 0.4) is 0 Å². The summed E-state index contributed by atoms with van der Waals surface area (Å²) in [5.74, 6) is -1.24. The number of hydrogen-bond donors (Lipinski definition) is 2. The summed E-state index contributed by atoms with van der Waals surface area (Å²) < 4.78 is 39.3. The molecule has 0 saturated heterocycles. The van der Waals surface area contributed by atoms with Crippen LogP contribution in [0.25, 0.3) is 11.3 Å². The highest BCUT2D eigenvalue weighted by Crippen LogP contribution is 2.30. The van der Waals surface area contributed by atoms with Crippen LogP contribution in [0, 0.1) is 0 Å². The molecule has 0 atom stereocenters. The molecular weight excluding hydrogens is 473 g/mol. The van der Waals surface area contributed by atoms with Crippen LogP contribution in [0.15, 0.2) is 29.9 Å². The number of pyridine rings is 1. The average molecular weight is 497 g/mol. The topological polar surface area (TPSA) is 123 Å². The zero-order valence-corrected chi connectivity index (χ0v) is 18.9. The maximum absolute atomic E-state index is 12.5. The van der Waals surface area contributed by atoms with Gasteiger partial charge >= 0.3 is 12.1 Å². The van der Waals surface area contributed by atoms with Gasteiger partial charge in [0.05, 0.1) is 11.2 Å². The molecule has 34 heavy (non-hydrogen) atoms. The van der Waals surface area contributed by atoms with Gasteiger partial charge in [-0.1, -0.05) is 18.1 Å². The minimum Gasteiger partial charge on any atom is -0.477 e. The van der Waals surface area contributed by atoms with Crippen molar-refractivity contribution in [3.8, 4) is 11.3 Å². The fourth-order valence-electron chi connectivity index (χ4n) is 3.11. The van der Waals surface area contributed by atoms with Crippen LogP contribution in [0.5, 0.6) is 0 Å². The first-order valence-electron chi connectivity index (χ1n) is 10.6. The van der Waals surface area contributed by atoms with E-state index in [1.54, 1.807) is 16.9 Å². The van der Waals surface area contributed by atoms with E-state index in [0.717, 1.165) is 36.0 Å². The zero-order chi connectivity index (χ0) is 24.6. The molecule has 1 amide bonds. The number of rotatable bonds is 12. The van der Waals surface area contributed by atoms with E-state index in [2.05, 4.69) is 25.6 Å². The first-order chi connectivity index (χ1) is 16.2. The number of nitrogens with zero attached hydrogens (tertiary/aromatic N) is 5. The molecule has 9 nitrogen and oxygen atoms in total. The van der Waals surface area contributed by atoms with Crippen molar-refractivity contribution in [1.82, 2.24) is 30.3 Å². The molecule has 0 aliphatic carbocycles. The monoisotopic (exact) mass is 496 g/mol. The minimum absolute atomic E-state index is 0.0603. The van der Waals surface area contributed by atoms with Crippen molar-refractivity contribution < 1.29 is 27.9 Å². The molecule has 3 aromatic heterocycles. The van der Waals surface area contributed by atoms with Gasteiger partial charge in [-0.25, -0.2) is 14.8 Å². The number of hydrogen-bond acceptors (Lipinski definition) is 7. The molecule has 0 unspecified atom stereocenters. The van der Waals surface area contributed by atoms with Crippen molar-refractivity contribution in [2.45, 2.75) is 51.2 Å². The molecule has 0 aromatic carbocycles. The molecule has 182 valence electrons. The summed E-state index contributed by atoms with van der Waals surface area (Å²) in [4.78, 5) is 30.2. The Morgan fingerprint density at radius 1 is 1.18 bits per heavy atom. The molecule has 2 N–H and O–H groups in total. The van der Waals surface area contributed by atoms with Crippen LogP contribution >= 0.6 is 11.3 Å². The van der Waals surface area contributed by atoms with Gasteiger partial charge in [-0.05, 0) is 25.0 Å². The number of alkyl halides is 3. The summed E-state index contributed by atoms with van der Waals surface area (Å²) in [7, 11) is 0. The first-order valence-corrected chi connectivity index (χ1v) is 11.5. The number of aryl methyl sites for hydroxylation is 1. The Morgan fingerprint density at radius 2 is 1.97 bits per heavy atom. The molecule has 0 fully saturated rings. The molecule has 0 radical (unpaired) electrons. The second-order valence-corrected chi connectivity index (χ2v) is 8.43. The number of aromatic nitrogens is 5. The standard InChI is InChI=1S/C21H23F3N6O3S/c22-21(23,24)17-13-34-19(27-17)7-9-26-18(31)5-3-1-2-4-10-30-12-16(28-29-30)14-6-8-25-15(11-14)20(32)33/h6,8,11-13H,1-5,7,9-10H2,(H,26,31)(H,32,33). The lowest BCUT2D eigenvalue weighted by Crippen LogP contribution is -2.25. The lowest BCUT2D eigenvalue weighted by Gasteiger charge is -2.05. The van der Waals surface area contributed by atoms with E-state index in [4.69, 9.17) is 5.11 Å². The second-order valence-electron chi connectivity index (χ2n) is 7.49. The summed E-state index contributed by atoms with van der Waals surface area (Å²) in [5, 5.41) is 21.2. The third kappa shape index (κ3) is 7.61. The summed E-state index contributed by atoms with van der Waals surface area (Å²) >= 11 is 0.935. The van der Waals surface area contributed by atoms with Gasteiger partial charge < -0.3 is 10.4 Å². The van der Waals surface area contributed by atoms with Crippen molar-refractivity contribution >= 4 is 23.2 Å². The van der Waals surface area contributed by atoms with E-state index in [9.17, 15) is 22.8 Å². The third-order valence-corrected chi connectivity index (χ3v) is 5.77. The van der Waals surface area contributed by atoms with Crippen LogP contribution in [0.4, 0.5) is 13.2 Å². The molecule has 0 spiro atoms.